The Morgan fingerprint density at radius 2 is 2.14 bits per heavy atom. The van der Waals surface area contributed by atoms with Crippen molar-refractivity contribution in [2.45, 2.75) is 78.4 Å². The van der Waals surface area contributed by atoms with Crippen LogP contribution in [0.3, 0.4) is 0 Å². The summed E-state index contributed by atoms with van der Waals surface area (Å²) < 4.78 is 0. The summed E-state index contributed by atoms with van der Waals surface area (Å²) in [5.74, 6) is 1.19. The van der Waals surface area contributed by atoms with Crippen molar-refractivity contribution in [3.8, 4) is 0 Å². The fourth-order valence-electron chi connectivity index (χ4n) is 3.03. The van der Waals surface area contributed by atoms with Crippen molar-refractivity contribution >= 4 is 5.82 Å². The largest absolute Gasteiger partial charge is 0.354 e. The van der Waals surface area contributed by atoms with E-state index in [1.165, 1.54) is 36.3 Å². The van der Waals surface area contributed by atoms with E-state index in [0.29, 0.717) is 12.1 Å². The molecule has 118 valence electrons. The lowest BCUT2D eigenvalue weighted by Gasteiger charge is -2.35. The van der Waals surface area contributed by atoms with Crippen molar-refractivity contribution in [3.63, 3.8) is 0 Å². The fraction of sp³-hybridized carbons (Fsp3) is 0.722. The molecule has 0 saturated carbocycles. The molecule has 1 atom stereocenters. The summed E-state index contributed by atoms with van der Waals surface area (Å²) in [4.78, 5) is 7.42. The standard InChI is InChI=1S/C18H31N3/c1-5-8-17-11-16(13-19-14(2)3)12-18(20-17)21-10-7-6-9-15(21)4/h11-12,14-15,19H,5-10,13H2,1-4H3. The summed E-state index contributed by atoms with van der Waals surface area (Å²) in [6.45, 7) is 11.0. The SMILES string of the molecule is CCCc1cc(CNC(C)C)cc(N2CCCCC2C)n1. The minimum Gasteiger partial charge on any atom is -0.354 e. The molecule has 3 nitrogen and oxygen atoms in total. The Balaban J connectivity index is 2.21. The zero-order chi connectivity index (χ0) is 15.2. The first kappa shape index (κ1) is 16.3. The van der Waals surface area contributed by atoms with Crippen molar-refractivity contribution in [3.05, 3.63) is 23.4 Å². The molecule has 1 saturated heterocycles. The van der Waals surface area contributed by atoms with Crippen LogP contribution in [0.2, 0.25) is 0 Å². The van der Waals surface area contributed by atoms with Gasteiger partial charge in [-0.25, -0.2) is 4.98 Å². The maximum Gasteiger partial charge on any atom is 0.129 e. The van der Waals surface area contributed by atoms with Gasteiger partial charge in [0.05, 0.1) is 0 Å². The lowest BCUT2D eigenvalue weighted by molar-refractivity contribution is 0.480. The van der Waals surface area contributed by atoms with Crippen molar-refractivity contribution in [1.82, 2.24) is 10.3 Å². The number of anilines is 1. The fourth-order valence-corrected chi connectivity index (χ4v) is 3.03. The van der Waals surface area contributed by atoms with E-state index >= 15 is 0 Å². The van der Waals surface area contributed by atoms with Gasteiger partial charge in [-0.2, -0.15) is 0 Å². The molecule has 0 radical (unpaired) electrons. The number of pyridine rings is 1. The van der Waals surface area contributed by atoms with E-state index in [2.05, 4.69) is 50.0 Å². The van der Waals surface area contributed by atoms with Crippen LogP contribution in [0, 0.1) is 0 Å². The summed E-state index contributed by atoms with van der Waals surface area (Å²) in [5.41, 5.74) is 2.61. The van der Waals surface area contributed by atoms with Crippen molar-refractivity contribution < 1.29 is 0 Å². The smallest absolute Gasteiger partial charge is 0.129 e. The molecule has 1 fully saturated rings. The first-order valence-corrected chi connectivity index (χ1v) is 8.60. The summed E-state index contributed by atoms with van der Waals surface area (Å²) >= 11 is 0. The molecular formula is C18H31N3. The average Bonchev–Trinajstić information content (AvgIpc) is 2.46. The molecule has 21 heavy (non-hydrogen) atoms. The van der Waals surface area contributed by atoms with Crippen LogP contribution in [0.1, 0.15) is 64.6 Å². The van der Waals surface area contributed by atoms with Gasteiger partial charge < -0.3 is 10.2 Å². The Hall–Kier alpha value is -1.09. The number of nitrogens with one attached hydrogen (secondary N) is 1. The molecule has 1 unspecified atom stereocenters. The molecule has 2 heterocycles. The number of hydrogen-bond donors (Lipinski definition) is 1. The number of hydrogen-bond acceptors (Lipinski definition) is 3. The third-order valence-electron chi connectivity index (χ3n) is 4.24. The Kier molecular flexibility index (Phi) is 6.04. The van der Waals surface area contributed by atoms with Gasteiger partial charge >= 0.3 is 0 Å². The second-order valence-electron chi connectivity index (χ2n) is 6.65. The highest BCUT2D eigenvalue weighted by atomic mass is 15.2. The zero-order valence-electron chi connectivity index (χ0n) is 14.2. The molecule has 2 rings (SSSR count). The van der Waals surface area contributed by atoms with Gasteiger partial charge in [0, 0.05) is 30.9 Å². The Labute approximate surface area is 130 Å². The molecule has 0 bridgehead atoms. The van der Waals surface area contributed by atoms with Crippen LogP contribution in [0.15, 0.2) is 12.1 Å². The van der Waals surface area contributed by atoms with Crippen LogP contribution in [-0.4, -0.2) is 23.6 Å². The minimum absolute atomic E-state index is 0.519. The lowest BCUT2D eigenvalue weighted by Crippen LogP contribution is -2.38. The molecular weight excluding hydrogens is 258 g/mol. The van der Waals surface area contributed by atoms with E-state index in [-0.39, 0.29) is 0 Å². The van der Waals surface area contributed by atoms with Gasteiger partial charge in [-0.3, -0.25) is 0 Å². The van der Waals surface area contributed by atoms with E-state index < -0.39 is 0 Å². The molecule has 1 aliphatic heterocycles. The molecule has 1 aliphatic rings. The normalized spacial score (nSPS) is 19.3. The molecule has 1 N–H and O–H groups in total. The van der Waals surface area contributed by atoms with Crippen LogP contribution in [0.5, 0.6) is 0 Å². The zero-order valence-corrected chi connectivity index (χ0v) is 14.2. The van der Waals surface area contributed by atoms with Crippen molar-refractivity contribution in [2.75, 3.05) is 11.4 Å². The van der Waals surface area contributed by atoms with E-state index in [1.807, 2.05) is 0 Å². The number of rotatable bonds is 6. The van der Waals surface area contributed by atoms with E-state index in [4.69, 9.17) is 4.98 Å². The van der Waals surface area contributed by atoms with Gasteiger partial charge in [-0.15, -0.1) is 0 Å². The third kappa shape index (κ3) is 4.70. The molecule has 1 aromatic heterocycles. The van der Waals surface area contributed by atoms with Gasteiger partial charge in [0.15, 0.2) is 0 Å². The predicted molar refractivity (Wildman–Crippen MR) is 90.9 cm³/mol. The Morgan fingerprint density at radius 3 is 2.81 bits per heavy atom. The van der Waals surface area contributed by atoms with Gasteiger partial charge in [0.1, 0.15) is 5.82 Å². The molecule has 0 aliphatic carbocycles. The quantitative estimate of drug-likeness (QED) is 0.860. The van der Waals surface area contributed by atoms with Crippen LogP contribution < -0.4 is 10.2 Å². The maximum atomic E-state index is 4.92. The van der Waals surface area contributed by atoms with Crippen molar-refractivity contribution in [1.29, 1.82) is 0 Å². The van der Waals surface area contributed by atoms with Crippen molar-refractivity contribution in [2.24, 2.45) is 0 Å². The van der Waals surface area contributed by atoms with Gasteiger partial charge in [0.25, 0.3) is 0 Å². The lowest BCUT2D eigenvalue weighted by atomic mass is 10.0. The number of nitrogens with zero attached hydrogens (tertiary/aromatic N) is 2. The van der Waals surface area contributed by atoms with Gasteiger partial charge in [0.2, 0.25) is 0 Å². The second-order valence-corrected chi connectivity index (χ2v) is 6.65. The van der Waals surface area contributed by atoms with E-state index in [1.54, 1.807) is 0 Å². The summed E-state index contributed by atoms with van der Waals surface area (Å²) in [6, 6.07) is 5.70. The number of piperidine rings is 1. The molecule has 1 aromatic rings. The van der Waals surface area contributed by atoms with Gasteiger partial charge in [-0.1, -0.05) is 27.2 Å². The monoisotopic (exact) mass is 289 g/mol. The van der Waals surface area contributed by atoms with Gasteiger partial charge in [-0.05, 0) is 50.3 Å². The van der Waals surface area contributed by atoms with Crippen LogP contribution in [0.4, 0.5) is 5.82 Å². The number of aryl methyl sites for hydroxylation is 1. The maximum absolute atomic E-state index is 4.92. The van der Waals surface area contributed by atoms with Crippen LogP contribution in [-0.2, 0) is 13.0 Å². The molecule has 0 amide bonds. The summed E-state index contributed by atoms with van der Waals surface area (Å²) in [6.07, 6.45) is 6.17. The molecule has 0 aromatic carbocycles. The average molecular weight is 289 g/mol. The third-order valence-corrected chi connectivity index (χ3v) is 4.24. The highest BCUT2D eigenvalue weighted by Crippen LogP contribution is 2.24. The van der Waals surface area contributed by atoms with E-state index in [0.717, 1.165) is 25.9 Å². The van der Waals surface area contributed by atoms with Crippen LogP contribution >= 0.6 is 0 Å². The highest BCUT2D eigenvalue weighted by Gasteiger charge is 2.20. The second kappa shape index (κ2) is 7.79. The molecule has 0 spiro atoms. The molecule has 3 heteroatoms. The topological polar surface area (TPSA) is 28.2 Å². The minimum atomic E-state index is 0.519. The highest BCUT2D eigenvalue weighted by molar-refractivity contribution is 5.44. The Bertz CT molecular complexity index is 442. The van der Waals surface area contributed by atoms with E-state index in [9.17, 15) is 0 Å². The first-order valence-electron chi connectivity index (χ1n) is 8.60. The van der Waals surface area contributed by atoms with Crippen LogP contribution in [0.25, 0.3) is 0 Å². The summed E-state index contributed by atoms with van der Waals surface area (Å²) in [7, 11) is 0. The first-order chi connectivity index (χ1) is 10.1. The number of aromatic nitrogens is 1. The summed E-state index contributed by atoms with van der Waals surface area (Å²) in [5, 5.41) is 3.53. The predicted octanol–water partition coefficient (Wildman–Crippen LogP) is 3.91. The Morgan fingerprint density at radius 1 is 1.33 bits per heavy atom.